The maximum absolute atomic E-state index is 6.66. The van der Waals surface area contributed by atoms with Crippen molar-refractivity contribution in [3.05, 3.63) is 194 Å². The van der Waals surface area contributed by atoms with Gasteiger partial charge in [0.2, 0.25) is 0 Å². The Morgan fingerprint density at radius 1 is 0.436 bits per heavy atom. The summed E-state index contributed by atoms with van der Waals surface area (Å²) >= 11 is 1.72. The highest BCUT2D eigenvalue weighted by atomic mass is 32.1. The van der Waals surface area contributed by atoms with Crippen molar-refractivity contribution in [3.63, 3.8) is 0 Å². The molecule has 0 saturated heterocycles. The standard InChI is InChI=1S/C51H32N2OS/c1-3-13-33(14-4-1)40-19-11-12-22-46(40)53(37-25-23-34(24-26-37)44-31-36-17-7-8-18-39(36)41-20-9-10-21-42(41)44)38-27-28-43-48(32-38)54-47-30-29-45-50(49(43)47)55-51(52-45)35-15-5-2-6-16-35/h1-32H. The fourth-order valence-electron chi connectivity index (χ4n) is 8.12. The Morgan fingerprint density at radius 3 is 1.91 bits per heavy atom. The third-order valence-electron chi connectivity index (χ3n) is 10.7. The number of rotatable bonds is 6. The molecule has 0 fully saturated rings. The van der Waals surface area contributed by atoms with Crippen LogP contribution >= 0.6 is 11.3 Å². The Hall–Kier alpha value is -7.01. The number of fused-ring (bicyclic) bond motifs is 8. The number of furan rings is 1. The number of thiazole rings is 1. The number of benzene rings is 9. The molecule has 2 aromatic heterocycles. The largest absolute Gasteiger partial charge is 0.456 e. The molecule has 0 aliphatic carbocycles. The summed E-state index contributed by atoms with van der Waals surface area (Å²) in [6, 6.07) is 69.2. The molecule has 11 rings (SSSR count). The lowest BCUT2D eigenvalue weighted by atomic mass is 9.93. The van der Waals surface area contributed by atoms with Gasteiger partial charge in [-0.15, -0.1) is 11.3 Å². The Kier molecular flexibility index (Phi) is 7.35. The van der Waals surface area contributed by atoms with Crippen LogP contribution in [0.3, 0.4) is 0 Å². The van der Waals surface area contributed by atoms with Crippen molar-refractivity contribution in [1.82, 2.24) is 4.98 Å². The molecule has 0 saturated carbocycles. The predicted octanol–water partition coefficient (Wildman–Crippen LogP) is 15.0. The van der Waals surface area contributed by atoms with Gasteiger partial charge < -0.3 is 9.32 Å². The zero-order valence-electron chi connectivity index (χ0n) is 29.7. The molecule has 0 unspecified atom stereocenters. The van der Waals surface area contributed by atoms with Crippen molar-refractivity contribution in [3.8, 4) is 32.8 Å². The smallest absolute Gasteiger partial charge is 0.137 e. The van der Waals surface area contributed by atoms with Crippen LogP contribution in [0.25, 0.3) is 86.5 Å². The van der Waals surface area contributed by atoms with E-state index < -0.39 is 0 Å². The number of para-hydroxylation sites is 1. The number of nitrogens with zero attached hydrogens (tertiary/aromatic N) is 2. The topological polar surface area (TPSA) is 29.3 Å². The minimum atomic E-state index is 0.844. The fraction of sp³-hybridized carbons (Fsp3) is 0. The molecule has 0 spiro atoms. The van der Waals surface area contributed by atoms with Gasteiger partial charge in [0, 0.05) is 39.3 Å². The van der Waals surface area contributed by atoms with Crippen LogP contribution in [0, 0.1) is 0 Å². The molecule has 4 heteroatoms. The summed E-state index contributed by atoms with van der Waals surface area (Å²) in [6.45, 7) is 0. The van der Waals surface area contributed by atoms with E-state index >= 15 is 0 Å². The highest BCUT2D eigenvalue weighted by Gasteiger charge is 2.21. The van der Waals surface area contributed by atoms with E-state index in [1.165, 1.54) is 32.7 Å². The second kappa shape index (κ2) is 12.8. The molecule has 0 bridgehead atoms. The highest BCUT2D eigenvalue weighted by molar-refractivity contribution is 7.22. The lowest BCUT2D eigenvalue weighted by Crippen LogP contribution is -2.11. The van der Waals surface area contributed by atoms with E-state index in [9.17, 15) is 0 Å². The molecule has 55 heavy (non-hydrogen) atoms. The minimum absolute atomic E-state index is 0.844. The van der Waals surface area contributed by atoms with Gasteiger partial charge in [0.25, 0.3) is 0 Å². The Labute approximate surface area is 322 Å². The third-order valence-corrected chi connectivity index (χ3v) is 11.8. The molecule has 0 aliphatic heterocycles. The van der Waals surface area contributed by atoms with Crippen molar-refractivity contribution in [1.29, 1.82) is 0 Å². The van der Waals surface area contributed by atoms with Crippen LogP contribution in [0.5, 0.6) is 0 Å². The van der Waals surface area contributed by atoms with Crippen molar-refractivity contribution in [2.45, 2.75) is 0 Å². The summed E-state index contributed by atoms with van der Waals surface area (Å²) in [5, 5.41) is 8.24. The zero-order valence-corrected chi connectivity index (χ0v) is 30.5. The molecule has 0 amide bonds. The van der Waals surface area contributed by atoms with Gasteiger partial charge in [0.05, 0.1) is 15.9 Å². The molecule has 0 aliphatic rings. The summed E-state index contributed by atoms with van der Waals surface area (Å²) < 4.78 is 7.80. The number of hydrogen-bond acceptors (Lipinski definition) is 4. The average Bonchev–Trinajstić information content (AvgIpc) is 3.86. The average molecular weight is 721 g/mol. The van der Waals surface area contributed by atoms with E-state index in [1.807, 2.05) is 6.07 Å². The van der Waals surface area contributed by atoms with Crippen LogP contribution in [0.2, 0.25) is 0 Å². The predicted molar refractivity (Wildman–Crippen MR) is 233 cm³/mol. The van der Waals surface area contributed by atoms with Crippen molar-refractivity contribution in [2.24, 2.45) is 0 Å². The molecule has 2 heterocycles. The summed E-state index contributed by atoms with van der Waals surface area (Å²) in [6.07, 6.45) is 0. The van der Waals surface area contributed by atoms with E-state index in [0.717, 1.165) is 70.9 Å². The van der Waals surface area contributed by atoms with Gasteiger partial charge in [-0.25, -0.2) is 4.98 Å². The van der Waals surface area contributed by atoms with Crippen LogP contribution in [-0.2, 0) is 0 Å². The van der Waals surface area contributed by atoms with Gasteiger partial charge in [-0.2, -0.15) is 0 Å². The monoisotopic (exact) mass is 720 g/mol. The van der Waals surface area contributed by atoms with E-state index in [2.05, 4.69) is 193 Å². The number of hydrogen-bond donors (Lipinski definition) is 0. The molecular weight excluding hydrogens is 689 g/mol. The lowest BCUT2D eigenvalue weighted by Gasteiger charge is -2.28. The van der Waals surface area contributed by atoms with E-state index in [1.54, 1.807) is 11.3 Å². The molecule has 0 N–H and O–H groups in total. The van der Waals surface area contributed by atoms with E-state index in [4.69, 9.17) is 9.40 Å². The van der Waals surface area contributed by atoms with Crippen LogP contribution in [0.15, 0.2) is 199 Å². The molecule has 3 nitrogen and oxygen atoms in total. The summed E-state index contributed by atoms with van der Waals surface area (Å²) in [5.74, 6) is 0. The molecular formula is C51H32N2OS. The zero-order chi connectivity index (χ0) is 36.3. The SMILES string of the molecule is c1ccc(-c2nc3ccc4oc5cc(N(c6ccc(-c7cc8ccccc8c8ccccc78)cc6)c6ccccc6-c6ccccc6)ccc5c4c3s2)cc1. The summed E-state index contributed by atoms with van der Waals surface area (Å²) in [4.78, 5) is 7.37. The first-order valence-corrected chi connectivity index (χ1v) is 19.4. The lowest BCUT2D eigenvalue weighted by molar-refractivity contribution is 0.669. The maximum atomic E-state index is 6.66. The van der Waals surface area contributed by atoms with Crippen LogP contribution in [0.4, 0.5) is 17.1 Å². The quantitative estimate of drug-likeness (QED) is 0.160. The first kappa shape index (κ1) is 31.5. The minimum Gasteiger partial charge on any atom is -0.456 e. The summed E-state index contributed by atoms with van der Waals surface area (Å²) in [7, 11) is 0. The van der Waals surface area contributed by atoms with E-state index in [-0.39, 0.29) is 0 Å². The normalized spacial score (nSPS) is 11.6. The van der Waals surface area contributed by atoms with Gasteiger partial charge in [0.1, 0.15) is 16.2 Å². The Balaban J connectivity index is 1.08. The summed E-state index contributed by atoms with van der Waals surface area (Å²) in [5.41, 5.74) is 11.7. The Morgan fingerprint density at radius 2 is 1.09 bits per heavy atom. The molecule has 258 valence electrons. The Bertz CT molecular complexity index is 3200. The van der Waals surface area contributed by atoms with Crippen LogP contribution < -0.4 is 4.90 Å². The first-order chi connectivity index (χ1) is 27.3. The molecule has 9 aromatic carbocycles. The fourth-order valence-corrected chi connectivity index (χ4v) is 9.24. The first-order valence-electron chi connectivity index (χ1n) is 18.5. The molecule has 0 atom stereocenters. The second-order valence-electron chi connectivity index (χ2n) is 13.9. The molecule has 11 aromatic rings. The number of anilines is 3. The van der Waals surface area contributed by atoms with Gasteiger partial charge in [0.15, 0.2) is 0 Å². The molecule has 0 radical (unpaired) electrons. The maximum Gasteiger partial charge on any atom is 0.137 e. The van der Waals surface area contributed by atoms with Gasteiger partial charge in [-0.1, -0.05) is 140 Å². The van der Waals surface area contributed by atoms with E-state index in [0.29, 0.717) is 0 Å². The van der Waals surface area contributed by atoms with Crippen molar-refractivity contribution >= 4 is 82.1 Å². The van der Waals surface area contributed by atoms with Crippen molar-refractivity contribution in [2.75, 3.05) is 4.90 Å². The van der Waals surface area contributed by atoms with Crippen LogP contribution in [-0.4, -0.2) is 4.98 Å². The van der Waals surface area contributed by atoms with Crippen molar-refractivity contribution < 1.29 is 4.42 Å². The second-order valence-corrected chi connectivity index (χ2v) is 14.9. The van der Waals surface area contributed by atoms with Gasteiger partial charge in [-0.05, 0) is 86.8 Å². The number of aromatic nitrogens is 1. The van der Waals surface area contributed by atoms with Gasteiger partial charge in [-0.3, -0.25) is 0 Å². The van der Waals surface area contributed by atoms with Crippen LogP contribution in [0.1, 0.15) is 0 Å². The third kappa shape index (κ3) is 5.30. The highest BCUT2D eigenvalue weighted by Crippen LogP contribution is 2.45. The van der Waals surface area contributed by atoms with Gasteiger partial charge >= 0.3 is 0 Å².